The van der Waals surface area contributed by atoms with Gasteiger partial charge in [-0.05, 0) is 48.9 Å². The average molecular weight is 465 g/mol. The summed E-state index contributed by atoms with van der Waals surface area (Å²) in [6, 6.07) is 12.3. The van der Waals surface area contributed by atoms with Crippen LogP contribution < -0.4 is 10.0 Å². The van der Waals surface area contributed by atoms with Crippen molar-refractivity contribution in [3.63, 3.8) is 0 Å². The minimum atomic E-state index is -3.82. The van der Waals surface area contributed by atoms with E-state index in [0.29, 0.717) is 18.1 Å². The lowest BCUT2D eigenvalue weighted by atomic mass is 10.1. The van der Waals surface area contributed by atoms with Gasteiger partial charge in [0, 0.05) is 11.9 Å². The fourth-order valence-electron chi connectivity index (χ4n) is 2.59. The zero-order valence-corrected chi connectivity index (χ0v) is 18.2. The molecule has 0 spiro atoms. The van der Waals surface area contributed by atoms with E-state index in [1.54, 1.807) is 43.5 Å². The quantitative estimate of drug-likeness (QED) is 0.554. The molecule has 0 unspecified atom stereocenters. The first-order chi connectivity index (χ1) is 14.2. The van der Waals surface area contributed by atoms with Gasteiger partial charge in [-0.25, -0.2) is 18.4 Å². The maximum Gasteiger partial charge on any atom is 0.261 e. The number of nitrogens with zero attached hydrogens (tertiary/aromatic N) is 2. The summed E-state index contributed by atoms with van der Waals surface area (Å²) in [6.07, 6.45) is 1.80. The van der Waals surface area contributed by atoms with Crippen LogP contribution in [0.4, 0.5) is 5.69 Å². The number of aromatic nitrogens is 2. The van der Waals surface area contributed by atoms with Gasteiger partial charge in [-0.15, -0.1) is 0 Å². The van der Waals surface area contributed by atoms with Crippen LogP contribution in [0, 0.1) is 6.92 Å². The van der Waals surface area contributed by atoms with E-state index in [2.05, 4.69) is 20.0 Å². The molecule has 156 valence electrons. The highest BCUT2D eigenvalue weighted by atomic mass is 35.5. The molecule has 0 aliphatic heterocycles. The van der Waals surface area contributed by atoms with Gasteiger partial charge in [-0.1, -0.05) is 35.3 Å². The first-order valence-electron chi connectivity index (χ1n) is 8.85. The number of nitrogens with one attached hydrogen (secondary N) is 2. The highest BCUT2D eigenvalue weighted by Gasteiger charge is 2.16. The van der Waals surface area contributed by atoms with Crippen LogP contribution in [0.5, 0.6) is 0 Å². The van der Waals surface area contributed by atoms with Crippen molar-refractivity contribution in [3.8, 4) is 0 Å². The molecule has 1 amide bonds. The Morgan fingerprint density at radius 3 is 2.43 bits per heavy atom. The van der Waals surface area contributed by atoms with Crippen molar-refractivity contribution in [2.24, 2.45) is 0 Å². The second kappa shape index (κ2) is 9.42. The maximum atomic E-state index is 12.5. The van der Waals surface area contributed by atoms with E-state index in [1.807, 2.05) is 0 Å². The van der Waals surface area contributed by atoms with Crippen molar-refractivity contribution in [3.05, 3.63) is 81.9 Å². The van der Waals surface area contributed by atoms with E-state index in [0.717, 1.165) is 11.3 Å². The Labute approximate surface area is 184 Å². The SMILES string of the molecule is Cc1nccc(CNC(=O)Cc2ccc(NS(=O)(=O)c3ccc(Cl)c(Cl)c3)cc2)n1. The fourth-order valence-corrected chi connectivity index (χ4v) is 4.04. The summed E-state index contributed by atoms with van der Waals surface area (Å²) in [6.45, 7) is 2.09. The van der Waals surface area contributed by atoms with Crippen LogP contribution in [-0.2, 0) is 27.8 Å². The Kier molecular flexibility index (Phi) is 6.91. The van der Waals surface area contributed by atoms with Gasteiger partial charge < -0.3 is 5.32 Å². The number of hydrogen-bond donors (Lipinski definition) is 2. The van der Waals surface area contributed by atoms with Crippen molar-refractivity contribution >= 4 is 44.8 Å². The molecule has 3 rings (SSSR count). The van der Waals surface area contributed by atoms with Crippen molar-refractivity contribution in [1.82, 2.24) is 15.3 Å². The third kappa shape index (κ3) is 5.91. The summed E-state index contributed by atoms with van der Waals surface area (Å²) in [5, 5.41) is 3.22. The molecule has 0 atom stereocenters. The second-order valence-corrected chi connectivity index (χ2v) is 8.92. The Morgan fingerprint density at radius 2 is 1.77 bits per heavy atom. The van der Waals surface area contributed by atoms with Gasteiger partial charge in [0.1, 0.15) is 5.82 Å². The van der Waals surface area contributed by atoms with Crippen LogP contribution in [0.2, 0.25) is 10.0 Å². The fraction of sp³-hybridized carbons (Fsp3) is 0.150. The number of anilines is 1. The van der Waals surface area contributed by atoms with Crippen LogP contribution in [0.15, 0.2) is 59.6 Å². The molecule has 0 saturated carbocycles. The van der Waals surface area contributed by atoms with E-state index in [1.165, 1.54) is 18.2 Å². The molecule has 2 N–H and O–H groups in total. The first-order valence-corrected chi connectivity index (χ1v) is 11.1. The molecule has 0 radical (unpaired) electrons. The zero-order valence-electron chi connectivity index (χ0n) is 15.9. The highest BCUT2D eigenvalue weighted by Crippen LogP contribution is 2.26. The molecule has 0 bridgehead atoms. The summed E-state index contributed by atoms with van der Waals surface area (Å²) >= 11 is 11.7. The lowest BCUT2D eigenvalue weighted by Crippen LogP contribution is -2.25. The number of carbonyl (C=O) groups is 1. The van der Waals surface area contributed by atoms with E-state index in [9.17, 15) is 13.2 Å². The summed E-state index contributed by atoms with van der Waals surface area (Å²) in [5.41, 5.74) is 1.83. The first kappa shape index (κ1) is 22.0. The number of aryl methyl sites for hydroxylation is 1. The second-order valence-electron chi connectivity index (χ2n) is 6.43. The molecule has 0 fully saturated rings. The smallest absolute Gasteiger partial charge is 0.261 e. The van der Waals surface area contributed by atoms with Gasteiger partial charge in [0.25, 0.3) is 10.0 Å². The molecule has 1 heterocycles. The Morgan fingerprint density at radius 1 is 1.03 bits per heavy atom. The molecular formula is C20H18Cl2N4O3S. The minimum absolute atomic E-state index is 0.000289. The Hall–Kier alpha value is -2.68. The van der Waals surface area contributed by atoms with Gasteiger partial charge in [-0.2, -0.15) is 0 Å². The third-order valence-electron chi connectivity index (χ3n) is 4.07. The maximum absolute atomic E-state index is 12.5. The van der Waals surface area contributed by atoms with Crippen LogP contribution in [-0.4, -0.2) is 24.3 Å². The molecule has 7 nitrogen and oxygen atoms in total. The summed E-state index contributed by atoms with van der Waals surface area (Å²) in [5.74, 6) is 0.469. The standard InChI is InChI=1S/C20H18Cl2N4O3S/c1-13-23-9-8-16(25-13)12-24-20(27)10-14-2-4-15(5-3-14)26-30(28,29)17-6-7-18(21)19(22)11-17/h2-9,11,26H,10,12H2,1H3,(H,24,27). The normalized spacial score (nSPS) is 11.2. The predicted octanol–water partition coefficient (Wildman–Crippen LogP) is 3.75. The number of benzene rings is 2. The van der Waals surface area contributed by atoms with Gasteiger partial charge in [0.2, 0.25) is 5.91 Å². The Bertz CT molecular complexity index is 1170. The largest absolute Gasteiger partial charge is 0.350 e. The molecule has 0 aliphatic rings. The van der Waals surface area contributed by atoms with E-state index < -0.39 is 10.0 Å². The number of rotatable bonds is 7. The molecule has 2 aromatic carbocycles. The Balaban J connectivity index is 1.59. The summed E-state index contributed by atoms with van der Waals surface area (Å²) in [4.78, 5) is 20.4. The monoisotopic (exact) mass is 464 g/mol. The van der Waals surface area contributed by atoms with Crippen molar-refractivity contribution in [1.29, 1.82) is 0 Å². The number of carbonyl (C=O) groups excluding carboxylic acids is 1. The van der Waals surface area contributed by atoms with Crippen LogP contribution in [0.3, 0.4) is 0 Å². The number of amides is 1. The average Bonchev–Trinajstić information content (AvgIpc) is 2.70. The van der Waals surface area contributed by atoms with Gasteiger partial charge in [0.05, 0.1) is 33.6 Å². The van der Waals surface area contributed by atoms with E-state index in [-0.39, 0.29) is 27.3 Å². The molecule has 10 heteroatoms. The zero-order chi connectivity index (χ0) is 21.7. The topological polar surface area (TPSA) is 101 Å². The highest BCUT2D eigenvalue weighted by molar-refractivity contribution is 7.92. The molecule has 0 aliphatic carbocycles. The third-order valence-corrected chi connectivity index (χ3v) is 6.19. The van der Waals surface area contributed by atoms with E-state index >= 15 is 0 Å². The van der Waals surface area contributed by atoms with Gasteiger partial charge >= 0.3 is 0 Å². The molecule has 30 heavy (non-hydrogen) atoms. The lowest BCUT2D eigenvalue weighted by Gasteiger charge is -2.10. The van der Waals surface area contributed by atoms with Crippen LogP contribution in [0.1, 0.15) is 17.1 Å². The number of halogens is 2. The van der Waals surface area contributed by atoms with Crippen LogP contribution >= 0.6 is 23.2 Å². The van der Waals surface area contributed by atoms with Crippen molar-refractivity contribution < 1.29 is 13.2 Å². The lowest BCUT2D eigenvalue weighted by molar-refractivity contribution is -0.120. The summed E-state index contributed by atoms with van der Waals surface area (Å²) in [7, 11) is -3.82. The number of sulfonamides is 1. The van der Waals surface area contributed by atoms with Crippen LogP contribution in [0.25, 0.3) is 0 Å². The minimum Gasteiger partial charge on any atom is -0.350 e. The molecule has 1 aromatic heterocycles. The summed E-state index contributed by atoms with van der Waals surface area (Å²) < 4.78 is 27.4. The van der Waals surface area contributed by atoms with Gasteiger partial charge in [0.15, 0.2) is 0 Å². The molecule has 3 aromatic rings. The molecular weight excluding hydrogens is 447 g/mol. The van der Waals surface area contributed by atoms with Gasteiger partial charge in [-0.3, -0.25) is 9.52 Å². The molecule has 0 saturated heterocycles. The van der Waals surface area contributed by atoms with Crippen molar-refractivity contribution in [2.45, 2.75) is 24.8 Å². The number of hydrogen-bond acceptors (Lipinski definition) is 5. The van der Waals surface area contributed by atoms with E-state index in [4.69, 9.17) is 23.2 Å². The predicted molar refractivity (Wildman–Crippen MR) is 116 cm³/mol. The van der Waals surface area contributed by atoms with Crippen molar-refractivity contribution in [2.75, 3.05) is 4.72 Å².